The zero-order chi connectivity index (χ0) is 20.3. The first-order chi connectivity index (χ1) is 13.2. The van der Waals surface area contributed by atoms with Gasteiger partial charge in [0, 0.05) is 17.9 Å². The van der Waals surface area contributed by atoms with Crippen LogP contribution in [0.5, 0.6) is 0 Å². The number of ether oxygens (including phenoxy) is 3. The summed E-state index contributed by atoms with van der Waals surface area (Å²) in [6.45, 7) is 7.33. The van der Waals surface area contributed by atoms with Gasteiger partial charge in [0.15, 0.2) is 0 Å². The van der Waals surface area contributed by atoms with Crippen molar-refractivity contribution in [3.63, 3.8) is 0 Å². The Labute approximate surface area is 164 Å². The lowest BCUT2D eigenvalue weighted by Gasteiger charge is -2.27. The van der Waals surface area contributed by atoms with E-state index in [0.717, 1.165) is 5.69 Å². The van der Waals surface area contributed by atoms with E-state index in [1.807, 2.05) is 32.9 Å². The lowest BCUT2D eigenvalue weighted by Crippen LogP contribution is -2.41. The first kappa shape index (κ1) is 19.9. The molecule has 0 aromatic heterocycles. The molecule has 0 spiro atoms. The van der Waals surface area contributed by atoms with Crippen molar-refractivity contribution in [2.75, 3.05) is 42.6 Å². The summed E-state index contributed by atoms with van der Waals surface area (Å²) < 4.78 is 15.9. The van der Waals surface area contributed by atoms with Crippen LogP contribution in [0.15, 0.2) is 29.3 Å². The second-order valence-electron chi connectivity index (χ2n) is 7.62. The summed E-state index contributed by atoms with van der Waals surface area (Å²) in [6.07, 6.45) is -0.846. The smallest absolute Gasteiger partial charge is 0.414 e. The quantitative estimate of drug-likeness (QED) is 0.617. The molecular weight excluding hydrogens is 364 g/mol. The maximum Gasteiger partial charge on any atom is 0.414 e. The molecule has 0 aliphatic carbocycles. The van der Waals surface area contributed by atoms with Crippen molar-refractivity contribution in [3.8, 4) is 0 Å². The number of nitrogens with zero attached hydrogens (tertiary/aromatic N) is 3. The molecule has 1 unspecified atom stereocenters. The van der Waals surface area contributed by atoms with E-state index in [1.165, 1.54) is 4.90 Å². The summed E-state index contributed by atoms with van der Waals surface area (Å²) >= 11 is 0. The Morgan fingerprint density at radius 1 is 1.21 bits per heavy atom. The Kier molecular flexibility index (Phi) is 5.73. The summed E-state index contributed by atoms with van der Waals surface area (Å²) in [4.78, 5) is 31.5. The fraction of sp³-hybridized carbons (Fsp3) is 0.526. The summed E-state index contributed by atoms with van der Waals surface area (Å²) in [7, 11) is 0. The molecule has 2 aliphatic heterocycles. The van der Waals surface area contributed by atoms with Crippen molar-refractivity contribution >= 4 is 29.4 Å². The molecule has 0 bridgehead atoms. The molecular formula is C19H26N4O5. The van der Waals surface area contributed by atoms with Crippen molar-refractivity contribution in [2.45, 2.75) is 32.5 Å². The van der Waals surface area contributed by atoms with E-state index >= 15 is 0 Å². The van der Waals surface area contributed by atoms with E-state index in [0.29, 0.717) is 25.4 Å². The molecule has 1 atom stereocenters. The Morgan fingerprint density at radius 2 is 1.86 bits per heavy atom. The van der Waals surface area contributed by atoms with E-state index < -0.39 is 17.8 Å². The van der Waals surface area contributed by atoms with Gasteiger partial charge in [-0.15, -0.1) is 0 Å². The number of cyclic esters (lactones) is 1. The van der Waals surface area contributed by atoms with Gasteiger partial charge in [-0.1, -0.05) is 0 Å². The topological polar surface area (TPSA) is 107 Å². The van der Waals surface area contributed by atoms with Crippen LogP contribution < -0.4 is 15.5 Å². The van der Waals surface area contributed by atoms with E-state index in [-0.39, 0.29) is 25.1 Å². The molecule has 2 fully saturated rings. The average Bonchev–Trinajstić information content (AvgIpc) is 3.00. The maximum absolute atomic E-state index is 12.2. The van der Waals surface area contributed by atoms with Gasteiger partial charge >= 0.3 is 6.09 Å². The Morgan fingerprint density at radius 3 is 2.46 bits per heavy atom. The summed E-state index contributed by atoms with van der Waals surface area (Å²) in [6, 6.07) is 7.28. The number of anilines is 2. The molecule has 1 aromatic carbocycles. The first-order valence-corrected chi connectivity index (χ1v) is 9.18. The predicted molar refractivity (Wildman–Crippen MR) is 105 cm³/mol. The Balaban J connectivity index is 1.60. The molecule has 28 heavy (non-hydrogen) atoms. The summed E-state index contributed by atoms with van der Waals surface area (Å²) in [5.74, 6) is -0.0763. The molecule has 2 heterocycles. The minimum absolute atomic E-state index is 0.0709. The van der Waals surface area contributed by atoms with E-state index in [1.54, 1.807) is 17.0 Å². The van der Waals surface area contributed by atoms with Gasteiger partial charge in [-0.2, -0.15) is 0 Å². The summed E-state index contributed by atoms with van der Waals surface area (Å²) in [5, 5.41) is 0. The molecule has 2 saturated heterocycles. The molecule has 2 aliphatic rings. The van der Waals surface area contributed by atoms with E-state index in [4.69, 9.17) is 19.9 Å². The van der Waals surface area contributed by atoms with Gasteiger partial charge in [-0.3, -0.25) is 9.69 Å². The highest BCUT2D eigenvalue weighted by molar-refractivity contribution is 5.95. The normalized spacial score (nSPS) is 21.1. The highest BCUT2D eigenvalue weighted by Gasteiger charge is 2.32. The Bertz CT molecular complexity index is 757. The van der Waals surface area contributed by atoms with Crippen LogP contribution in [-0.2, 0) is 19.0 Å². The lowest BCUT2D eigenvalue weighted by atomic mass is 10.2. The van der Waals surface area contributed by atoms with Crippen LogP contribution >= 0.6 is 0 Å². The van der Waals surface area contributed by atoms with Crippen molar-refractivity contribution < 1.29 is 23.8 Å². The van der Waals surface area contributed by atoms with Crippen LogP contribution in [-0.4, -0.2) is 62.6 Å². The molecule has 0 saturated carbocycles. The van der Waals surface area contributed by atoms with Crippen LogP contribution in [0.2, 0.25) is 0 Å². The molecule has 152 valence electrons. The van der Waals surface area contributed by atoms with Gasteiger partial charge in [0.05, 0.1) is 19.7 Å². The largest absolute Gasteiger partial charge is 0.460 e. The minimum Gasteiger partial charge on any atom is -0.460 e. The molecule has 9 heteroatoms. The van der Waals surface area contributed by atoms with Crippen molar-refractivity contribution in [2.24, 2.45) is 10.7 Å². The fourth-order valence-electron chi connectivity index (χ4n) is 2.97. The van der Waals surface area contributed by atoms with Gasteiger partial charge in [0.1, 0.15) is 18.3 Å². The first-order valence-electron chi connectivity index (χ1n) is 9.18. The van der Waals surface area contributed by atoms with Crippen LogP contribution in [0, 0.1) is 0 Å². The van der Waals surface area contributed by atoms with Gasteiger partial charge in [0.25, 0.3) is 11.9 Å². The zero-order valence-electron chi connectivity index (χ0n) is 16.4. The van der Waals surface area contributed by atoms with Gasteiger partial charge in [-0.25, -0.2) is 9.79 Å². The molecule has 2 N–H and O–H groups in total. The molecule has 1 aromatic rings. The van der Waals surface area contributed by atoms with E-state index in [2.05, 4.69) is 4.99 Å². The number of amides is 2. The minimum atomic E-state index is -0.439. The maximum atomic E-state index is 12.2. The highest BCUT2D eigenvalue weighted by Crippen LogP contribution is 2.25. The fourth-order valence-corrected chi connectivity index (χ4v) is 2.97. The average molecular weight is 390 g/mol. The lowest BCUT2D eigenvalue weighted by molar-refractivity contribution is -0.125. The van der Waals surface area contributed by atoms with Crippen molar-refractivity contribution in [1.29, 1.82) is 0 Å². The van der Waals surface area contributed by atoms with Crippen molar-refractivity contribution in [1.82, 2.24) is 0 Å². The second kappa shape index (κ2) is 8.05. The molecule has 2 amide bonds. The predicted octanol–water partition coefficient (Wildman–Crippen LogP) is 1.50. The highest BCUT2D eigenvalue weighted by atomic mass is 16.6. The Hall–Kier alpha value is -2.81. The molecule has 9 nitrogen and oxygen atoms in total. The number of morpholine rings is 1. The van der Waals surface area contributed by atoms with Gasteiger partial charge in [0.2, 0.25) is 0 Å². The zero-order valence-corrected chi connectivity index (χ0v) is 16.4. The third-order valence-corrected chi connectivity index (χ3v) is 4.19. The number of amidine groups is 1. The third kappa shape index (κ3) is 4.92. The number of aliphatic imine (C=N–C) groups is 1. The number of benzene rings is 1. The number of carbonyl (C=O) groups excluding carboxylic acids is 2. The van der Waals surface area contributed by atoms with Crippen LogP contribution in [0.25, 0.3) is 0 Å². The van der Waals surface area contributed by atoms with Gasteiger partial charge in [-0.05, 0) is 45.0 Å². The molecule has 3 rings (SSSR count). The van der Waals surface area contributed by atoms with Crippen LogP contribution in [0.4, 0.5) is 16.2 Å². The second-order valence-corrected chi connectivity index (χ2v) is 7.62. The number of hydrogen-bond donors (Lipinski definition) is 1. The number of hydrogen-bond acceptors (Lipinski definition) is 6. The number of carbonyl (C=O) groups is 2. The van der Waals surface area contributed by atoms with Crippen molar-refractivity contribution in [3.05, 3.63) is 24.3 Å². The van der Waals surface area contributed by atoms with Gasteiger partial charge < -0.3 is 24.8 Å². The monoisotopic (exact) mass is 390 g/mol. The number of rotatable bonds is 4. The standard InChI is InChI=1S/C19H26N4O5/c1-19(2,3)28-17(20)21-10-15-11-23(18(25)27-15)14-6-4-13(5-7-14)22-8-9-26-12-16(22)24/h4-7,15H,8-12H2,1-3H3,(H2,20,21). The SMILES string of the molecule is CC(C)(C)OC(N)=NCC1CN(c2ccc(N3CCOCC3=O)cc2)C(=O)O1. The van der Waals surface area contributed by atoms with E-state index in [9.17, 15) is 9.59 Å². The van der Waals surface area contributed by atoms with Crippen LogP contribution in [0.1, 0.15) is 20.8 Å². The summed E-state index contributed by atoms with van der Waals surface area (Å²) in [5.41, 5.74) is 6.78. The number of nitrogens with two attached hydrogens (primary N) is 1. The molecule has 0 radical (unpaired) electrons. The third-order valence-electron chi connectivity index (χ3n) is 4.19. The van der Waals surface area contributed by atoms with Crippen LogP contribution in [0.3, 0.4) is 0 Å².